The quantitative estimate of drug-likeness (QED) is 0.841. The van der Waals surface area contributed by atoms with E-state index in [-0.39, 0.29) is 0 Å². The second-order valence-corrected chi connectivity index (χ2v) is 5.17. The van der Waals surface area contributed by atoms with Crippen LogP contribution in [0.15, 0.2) is 12.1 Å². The minimum Gasteiger partial charge on any atom is -0.493 e. The number of likely N-dealkylation sites (N-methyl/N-ethyl adjacent to an activating group) is 1. The summed E-state index contributed by atoms with van der Waals surface area (Å²) in [7, 11) is 1.95. The highest BCUT2D eigenvalue weighted by Gasteiger charge is 2.08. The number of hydrogen-bond acceptors (Lipinski definition) is 2. The maximum Gasteiger partial charge on any atom is 0.122 e. The van der Waals surface area contributed by atoms with E-state index < -0.39 is 0 Å². The molecule has 17 heavy (non-hydrogen) atoms. The molecule has 0 spiro atoms. The van der Waals surface area contributed by atoms with Crippen LogP contribution in [0.25, 0.3) is 0 Å². The van der Waals surface area contributed by atoms with Crippen LogP contribution in [0.3, 0.4) is 0 Å². The molecule has 0 amide bonds. The van der Waals surface area contributed by atoms with Crippen molar-refractivity contribution in [2.75, 3.05) is 20.2 Å². The van der Waals surface area contributed by atoms with E-state index in [9.17, 15) is 0 Å². The van der Waals surface area contributed by atoms with Crippen LogP contribution in [0.4, 0.5) is 0 Å². The fraction of sp³-hybridized carbons (Fsp3) is 0.571. The second-order valence-electron chi connectivity index (χ2n) is 4.77. The molecule has 0 unspecified atom stereocenters. The third-order valence-corrected chi connectivity index (χ3v) is 2.97. The van der Waals surface area contributed by atoms with Gasteiger partial charge in [-0.05, 0) is 56.1 Å². The number of ether oxygens (including phenoxy) is 1. The van der Waals surface area contributed by atoms with E-state index >= 15 is 0 Å². The zero-order valence-electron chi connectivity index (χ0n) is 11.1. The number of rotatable bonds is 6. The fourth-order valence-corrected chi connectivity index (χ4v) is 1.73. The third kappa shape index (κ3) is 4.57. The van der Waals surface area contributed by atoms with Gasteiger partial charge in [0.15, 0.2) is 0 Å². The van der Waals surface area contributed by atoms with Crippen molar-refractivity contribution in [3.05, 3.63) is 28.3 Å². The molecule has 0 fully saturated rings. The summed E-state index contributed by atoms with van der Waals surface area (Å²) in [5.41, 5.74) is 2.24. The van der Waals surface area contributed by atoms with Crippen LogP contribution in [-0.2, 0) is 6.42 Å². The van der Waals surface area contributed by atoms with Crippen LogP contribution in [-0.4, -0.2) is 20.2 Å². The van der Waals surface area contributed by atoms with Gasteiger partial charge in [0.25, 0.3) is 0 Å². The summed E-state index contributed by atoms with van der Waals surface area (Å²) in [5.74, 6) is 1.50. The first-order chi connectivity index (χ1) is 8.04. The average molecular weight is 256 g/mol. The lowest BCUT2D eigenvalue weighted by atomic mass is 10.1. The molecule has 0 radical (unpaired) electrons. The number of nitrogens with one attached hydrogen (secondary N) is 1. The molecule has 1 aromatic carbocycles. The molecule has 1 aromatic rings. The normalized spacial score (nSPS) is 10.9. The number of hydrogen-bond donors (Lipinski definition) is 1. The van der Waals surface area contributed by atoms with Crippen molar-refractivity contribution in [1.82, 2.24) is 5.32 Å². The molecule has 0 atom stereocenters. The predicted molar refractivity (Wildman–Crippen MR) is 74.2 cm³/mol. The zero-order chi connectivity index (χ0) is 12.8. The molecule has 1 N–H and O–H groups in total. The van der Waals surface area contributed by atoms with Crippen LogP contribution < -0.4 is 10.1 Å². The van der Waals surface area contributed by atoms with E-state index in [0.29, 0.717) is 5.92 Å². The van der Waals surface area contributed by atoms with Crippen molar-refractivity contribution < 1.29 is 4.74 Å². The largest absolute Gasteiger partial charge is 0.493 e. The first kappa shape index (κ1) is 14.3. The van der Waals surface area contributed by atoms with Gasteiger partial charge in [-0.2, -0.15) is 0 Å². The van der Waals surface area contributed by atoms with Gasteiger partial charge >= 0.3 is 0 Å². The highest BCUT2D eigenvalue weighted by atomic mass is 35.5. The standard InChI is InChI=1S/C14H22ClNO/c1-10(2)9-17-14-7-11(3)13(15)8-12(14)5-6-16-4/h7-8,10,16H,5-6,9H2,1-4H3. The van der Waals surface area contributed by atoms with Crippen LogP contribution in [0.5, 0.6) is 5.75 Å². The lowest BCUT2D eigenvalue weighted by Crippen LogP contribution is -2.12. The van der Waals surface area contributed by atoms with Gasteiger partial charge in [0.2, 0.25) is 0 Å². The Bertz CT molecular complexity index is 363. The van der Waals surface area contributed by atoms with Gasteiger partial charge in [0, 0.05) is 5.02 Å². The molecule has 0 saturated heterocycles. The summed E-state index contributed by atoms with van der Waals surface area (Å²) in [6, 6.07) is 4.06. The van der Waals surface area contributed by atoms with Gasteiger partial charge in [0.1, 0.15) is 5.75 Å². The Morgan fingerprint density at radius 2 is 2.06 bits per heavy atom. The molecular formula is C14H22ClNO. The van der Waals surface area contributed by atoms with Crippen molar-refractivity contribution in [1.29, 1.82) is 0 Å². The Hall–Kier alpha value is -0.730. The van der Waals surface area contributed by atoms with Gasteiger partial charge in [-0.15, -0.1) is 0 Å². The number of halogens is 1. The lowest BCUT2D eigenvalue weighted by Gasteiger charge is -2.15. The Balaban J connectivity index is 2.86. The van der Waals surface area contributed by atoms with Gasteiger partial charge in [-0.25, -0.2) is 0 Å². The number of aryl methyl sites for hydroxylation is 1. The van der Waals surface area contributed by atoms with E-state index in [0.717, 1.165) is 35.9 Å². The molecule has 2 nitrogen and oxygen atoms in total. The minimum atomic E-state index is 0.531. The number of benzene rings is 1. The van der Waals surface area contributed by atoms with Crippen LogP contribution in [0.2, 0.25) is 5.02 Å². The van der Waals surface area contributed by atoms with Crippen LogP contribution >= 0.6 is 11.6 Å². The Morgan fingerprint density at radius 3 is 2.65 bits per heavy atom. The molecule has 0 aliphatic carbocycles. The molecule has 96 valence electrons. The van der Waals surface area contributed by atoms with E-state index in [1.807, 2.05) is 26.1 Å². The molecular weight excluding hydrogens is 234 g/mol. The summed E-state index contributed by atoms with van der Waals surface area (Å²) in [4.78, 5) is 0. The van der Waals surface area contributed by atoms with E-state index in [1.54, 1.807) is 0 Å². The van der Waals surface area contributed by atoms with Crippen molar-refractivity contribution >= 4 is 11.6 Å². The van der Waals surface area contributed by atoms with E-state index in [1.165, 1.54) is 5.56 Å². The topological polar surface area (TPSA) is 21.3 Å². The Morgan fingerprint density at radius 1 is 1.35 bits per heavy atom. The first-order valence-corrected chi connectivity index (χ1v) is 6.48. The Labute approximate surface area is 109 Å². The molecule has 3 heteroatoms. The molecule has 0 heterocycles. The lowest BCUT2D eigenvalue weighted by molar-refractivity contribution is 0.268. The highest BCUT2D eigenvalue weighted by molar-refractivity contribution is 6.31. The van der Waals surface area contributed by atoms with Crippen molar-refractivity contribution in [2.24, 2.45) is 5.92 Å². The summed E-state index contributed by atoms with van der Waals surface area (Å²) < 4.78 is 5.85. The zero-order valence-corrected chi connectivity index (χ0v) is 11.9. The van der Waals surface area contributed by atoms with Crippen molar-refractivity contribution in [2.45, 2.75) is 27.2 Å². The predicted octanol–water partition coefficient (Wildman–Crippen LogP) is 3.45. The maximum atomic E-state index is 6.15. The molecule has 0 aliphatic heterocycles. The van der Waals surface area contributed by atoms with Crippen LogP contribution in [0, 0.1) is 12.8 Å². The van der Waals surface area contributed by atoms with E-state index in [2.05, 4.69) is 19.2 Å². The Kier molecular flexibility index (Phi) is 5.79. The van der Waals surface area contributed by atoms with Gasteiger partial charge in [-0.3, -0.25) is 0 Å². The van der Waals surface area contributed by atoms with Gasteiger partial charge in [-0.1, -0.05) is 25.4 Å². The smallest absolute Gasteiger partial charge is 0.122 e. The average Bonchev–Trinajstić information content (AvgIpc) is 2.28. The first-order valence-electron chi connectivity index (χ1n) is 6.11. The SMILES string of the molecule is CNCCc1cc(Cl)c(C)cc1OCC(C)C. The summed E-state index contributed by atoms with van der Waals surface area (Å²) in [6.07, 6.45) is 0.934. The molecule has 0 aliphatic rings. The maximum absolute atomic E-state index is 6.15. The fourth-order valence-electron chi connectivity index (χ4n) is 1.54. The summed E-state index contributed by atoms with van der Waals surface area (Å²) >= 11 is 6.15. The second kappa shape index (κ2) is 6.87. The van der Waals surface area contributed by atoms with Gasteiger partial charge < -0.3 is 10.1 Å². The van der Waals surface area contributed by atoms with Crippen LogP contribution in [0.1, 0.15) is 25.0 Å². The van der Waals surface area contributed by atoms with Gasteiger partial charge in [0.05, 0.1) is 6.61 Å². The van der Waals surface area contributed by atoms with E-state index in [4.69, 9.17) is 16.3 Å². The molecule has 0 bridgehead atoms. The molecule has 1 rings (SSSR count). The molecule has 0 aromatic heterocycles. The third-order valence-electron chi connectivity index (χ3n) is 2.56. The van der Waals surface area contributed by atoms with Crippen molar-refractivity contribution in [3.63, 3.8) is 0 Å². The minimum absolute atomic E-state index is 0.531. The molecule has 0 saturated carbocycles. The monoisotopic (exact) mass is 255 g/mol. The summed E-state index contributed by atoms with van der Waals surface area (Å²) in [5, 5.41) is 3.96. The summed E-state index contributed by atoms with van der Waals surface area (Å²) in [6.45, 7) is 7.98. The highest BCUT2D eigenvalue weighted by Crippen LogP contribution is 2.27. The van der Waals surface area contributed by atoms with Crippen molar-refractivity contribution in [3.8, 4) is 5.75 Å².